The van der Waals surface area contributed by atoms with Gasteiger partial charge in [0.2, 0.25) is 0 Å². The molecule has 70 valence electrons. The molecular weight excluding hydrogens is 165 g/mol. The average molecular weight is 179 g/mol. The molecule has 0 bridgehead atoms. The monoisotopic (exact) mass is 179 g/mol. The van der Waals surface area contributed by atoms with E-state index in [2.05, 4.69) is 11.4 Å². The predicted molar refractivity (Wildman–Crippen MR) is 54.0 cm³/mol. The summed E-state index contributed by atoms with van der Waals surface area (Å²) in [5.74, 6) is -0.188. The standard InChI is InChI=1S/C11H14FN/c1-13-9-3-2-4-10-5-7-11(12)8-6-10/h2,4-8,13H,3,9H2,1H3/b4-2+. The summed E-state index contributed by atoms with van der Waals surface area (Å²) in [6, 6.07) is 6.48. The topological polar surface area (TPSA) is 12.0 Å². The second-order valence-corrected chi connectivity index (χ2v) is 2.85. The second kappa shape index (κ2) is 5.49. The molecule has 0 aliphatic rings. The molecule has 0 spiro atoms. The summed E-state index contributed by atoms with van der Waals surface area (Å²) < 4.78 is 12.5. The first-order chi connectivity index (χ1) is 6.33. The molecule has 0 aromatic heterocycles. The van der Waals surface area contributed by atoms with Gasteiger partial charge in [-0.3, -0.25) is 0 Å². The fourth-order valence-corrected chi connectivity index (χ4v) is 1.02. The summed E-state index contributed by atoms with van der Waals surface area (Å²) >= 11 is 0. The van der Waals surface area contributed by atoms with Crippen LogP contribution in [0, 0.1) is 5.82 Å². The molecule has 13 heavy (non-hydrogen) atoms. The number of benzene rings is 1. The van der Waals surface area contributed by atoms with Crippen molar-refractivity contribution in [3.63, 3.8) is 0 Å². The minimum absolute atomic E-state index is 0.188. The molecule has 0 aliphatic heterocycles. The molecule has 2 heteroatoms. The Hall–Kier alpha value is -1.15. The van der Waals surface area contributed by atoms with Crippen molar-refractivity contribution < 1.29 is 4.39 Å². The molecule has 1 aromatic rings. The molecule has 0 radical (unpaired) electrons. The van der Waals surface area contributed by atoms with E-state index in [0.29, 0.717) is 0 Å². The first-order valence-electron chi connectivity index (χ1n) is 4.39. The zero-order valence-electron chi connectivity index (χ0n) is 7.76. The number of hydrogen-bond acceptors (Lipinski definition) is 1. The molecule has 0 atom stereocenters. The van der Waals surface area contributed by atoms with Crippen LogP contribution in [0.3, 0.4) is 0 Å². The van der Waals surface area contributed by atoms with Crippen molar-refractivity contribution in [1.82, 2.24) is 5.32 Å². The van der Waals surface area contributed by atoms with Gasteiger partial charge in [0.1, 0.15) is 5.82 Å². The van der Waals surface area contributed by atoms with Gasteiger partial charge in [0.15, 0.2) is 0 Å². The van der Waals surface area contributed by atoms with E-state index in [1.165, 1.54) is 12.1 Å². The summed E-state index contributed by atoms with van der Waals surface area (Å²) in [4.78, 5) is 0. The van der Waals surface area contributed by atoms with Gasteiger partial charge in [-0.05, 0) is 37.7 Å². The molecule has 0 fully saturated rings. The predicted octanol–water partition coefficient (Wildman–Crippen LogP) is 2.45. The van der Waals surface area contributed by atoms with Crippen molar-refractivity contribution in [2.24, 2.45) is 0 Å². The van der Waals surface area contributed by atoms with Crippen molar-refractivity contribution >= 4 is 6.08 Å². The minimum Gasteiger partial charge on any atom is -0.319 e. The molecule has 0 amide bonds. The Labute approximate surface area is 78.3 Å². The van der Waals surface area contributed by atoms with Crippen LogP contribution < -0.4 is 5.32 Å². The van der Waals surface area contributed by atoms with Crippen molar-refractivity contribution in [1.29, 1.82) is 0 Å². The molecular formula is C11H14FN. The lowest BCUT2D eigenvalue weighted by atomic mass is 10.2. The Morgan fingerprint density at radius 2 is 2.00 bits per heavy atom. The van der Waals surface area contributed by atoms with Gasteiger partial charge in [-0.25, -0.2) is 4.39 Å². The van der Waals surface area contributed by atoms with Gasteiger partial charge in [0, 0.05) is 0 Å². The Balaban J connectivity index is 2.44. The zero-order chi connectivity index (χ0) is 9.52. The SMILES string of the molecule is CNCC/C=C/c1ccc(F)cc1. The fraction of sp³-hybridized carbons (Fsp3) is 0.273. The highest BCUT2D eigenvalue weighted by atomic mass is 19.1. The van der Waals surface area contributed by atoms with E-state index in [4.69, 9.17) is 0 Å². The third-order valence-corrected chi connectivity index (χ3v) is 1.74. The van der Waals surface area contributed by atoms with E-state index < -0.39 is 0 Å². The Kier molecular flexibility index (Phi) is 4.19. The first-order valence-corrected chi connectivity index (χ1v) is 4.39. The first kappa shape index (κ1) is 9.93. The van der Waals surface area contributed by atoms with Crippen LogP contribution in [0.4, 0.5) is 4.39 Å². The maximum absolute atomic E-state index is 12.5. The fourth-order valence-electron chi connectivity index (χ4n) is 1.02. The smallest absolute Gasteiger partial charge is 0.123 e. The molecule has 1 aromatic carbocycles. The van der Waals surface area contributed by atoms with Gasteiger partial charge in [-0.2, -0.15) is 0 Å². The summed E-state index contributed by atoms with van der Waals surface area (Å²) in [5, 5.41) is 3.05. The number of hydrogen-bond donors (Lipinski definition) is 1. The van der Waals surface area contributed by atoms with Gasteiger partial charge < -0.3 is 5.32 Å². The average Bonchev–Trinajstić information content (AvgIpc) is 2.15. The molecule has 0 aliphatic carbocycles. The highest BCUT2D eigenvalue weighted by molar-refractivity contribution is 5.48. The van der Waals surface area contributed by atoms with Crippen molar-refractivity contribution in [3.8, 4) is 0 Å². The Bertz CT molecular complexity index is 264. The Morgan fingerprint density at radius 3 is 2.62 bits per heavy atom. The number of rotatable bonds is 4. The van der Waals surface area contributed by atoms with Crippen molar-refractivity contribution in [3.05, 3.63) is 41.7 Å². The van der Waals surface area contributed by atoms with E-state index in [1.807, 2.05) is 13.1 Å². The van der Waals surface area contributed by atoms with Crippen LogP contribution in [0.15, 0.2) is 30.3 Å². The van der Waals surface area contributed by atoms with Crippen LogP contribution in [-0.4, -0.2) is 13.6 Å². The lowest BCUT2D eigenvalue weighted by molar-refractivity contribution is 0.628. The lowest BCUT2D eigenvalue weighted by Crippen LogP contribution is -2.05. The van der Waals surface area contributed by atoms with E-state index >= 15 is 0 Å². The number of halogens is 1. The molecule has 0 heterocycles. The number of nitrogens with one attached hydrogen (secondary N) is 1. The lowest BCUT2D eigenvalue weighted by Gasteiger charge is -1.93. The summed E-state index contributed by atoms with van der Waals surface area (Å²) in [5.41, 5.74) is 1.04. The molecule has 0 saturated carbocycles. The van der Waals surface area contributed by atoms with E-state index in [9.17, 15) is 4.39 Å². The third-order valence-electron chi connectivity index (χ3n) is 1.74. The maximum atomic E-state index is 12.5. The zero-order valence-corrected chi connectivity index (χ0v) is 7.76. The van der Waals surface area contributed by atoms with Gasteiger partial charge >= 0.3 is 0 Å². The van der Waals surface area contributed by atoms with Crippen molar-refractivity contribution in [2.45, 2.75) is 6.42 Å². The van der Waals surface area contributed by atoms with Crippen LogP contribution in [-0.2, 0) is 0 Å². The quantitative estimate of drug-likeness (QED) is 0.700. The summed E-state index contributed by atoms with van der Waals surface area (Å²) in [6.45, 7) is 0.970. The van der Waals surface area contributed by atoms with E-state index in [-0.39, 0.29) is 5.82 Å². The van der Waals surface area contributed by atoms with E-state index in [1.54, 1.807) is 12.1 Å². The summed E-state index contributed by atoms with van der Waals surface area (Å²) in [7, 11) is 1.92. The van der Waals surface area contributed by atoms with E-state index in [0.717, 1.165) is 18.5 Å². The highest BCUT2D eigenvalue weighted by Gasteiger charge is 1.87. The van der Waals surface area contributed by atoms with Crippen LogP contribution >= 0.6 is 0 Å². The van der Waals surface area contributed by atoms with Gasteiger partial charge in [-0.1, -0.05) is 24.3 Å². The Morgan fingerprint density at radius 1 is 1.31 bits per heavy atom. The molecule has 1 nitrogen and oxygen atoms in total. The summed E-state index contributed by atoms with van der Waals surface area (Å²) in [6.07, 6.45) is 5.06. The van der Waals surface area contributed by atoms with Crippen molar-refractivity contribution in [2.75, 3.05) is 13.6 Å². The van der Waals surface area contributed by atoms with Crippen LogP contribution in [0.2, 0.25) is 0 Å². The molecule has 0 unspecified atom stereocenters. The van der Waals surface area contributed by atoms with Crippen LogP contribution in [0.1, 0.15) is 12.0 Å². The van der Waals surface area contributed by atoms with Crippen LogP contribution in [0.5, 0.6) is 0 Å². The largest absolute Gasteiger partial charge is 0.319 e. The maximum Gasteiger partial charge on any atom is 0.123 e. The molecule has 1 N–H and O–H groups in total. The van der Waals surface area contributed by atoms with Gasteiger partial charge in [0.25, 0.3) is 0 Å². The van der Waals surface area contributed by atoms with Gasteiger partial charge in [0.05, 0.1) is 0 Å². The normalized spacial score (nSPS) is 10.9. The third kappa shape index (κ3) is 3.85. The van der Waals surface area contributed by atoms with Gasteiger partial charge in [-0.15, -0.1) is 0 Å². The second-order valence-electron chi connectivity index (χ2n) is 2.85. The highest BCUT2D eigenvalue weighted by Crippen LogP contribution is 2.04. The molecule has 1 rings (SSSR count). The van der Waals surface area contributed by atoms with Crippen LogP contribution in [0.25, 0.3) is 6.08 Å². The minimum atomic E-state index is -0.188. The molecule has 0 saturated heterocycles.